The zero-order valence-corrected chi connectivity index (χ0v) is 18.2. The van der Waals surface area contributed by atoms with Crippen LogP contribution in [0.15, 0.2) is 36.5 Å². The first-order valence-electron chi connectivity index (χ1n) is 11.1. The number of amides is 2. The Hall–Kier alpha value is -3.51. The van der Waals surface area contributed by atoms with E-state index in [0.717, 1.165) is 18.8 Å². The fraction of sp³-hybridized carbons (Fsp3) is 0.417. The minimum atomic E-state index is -0.571. The van der Waals surface area contributed by atoms with Gasteiger partial charge in [-0.2, -0.15) is 0 Å². The summed E-state index contributed by atoms with van der Waals surface area (Å²) in [5.74, 6) is -0.0132. The van der Waals surface area contributed by atoms with Crippen LogP contribution in [0.1, 0.15) is 19.0 Å². The van der Waals surface area contributed by atoms with Crippen molar-refractivity contribution < 1.29 is 18.7 Å². The minimum absolute atomic E-state index is 0.122. The van der Waals surface area contributed by atoms with Crippen molar-refractivity contribution in [3.05, 3.63) is 59.5 Å². The molecule has 2 saturated heterocycles. The molecule has 2 aromatic rings. The van der Waals surface area contributed by atoms with E-state index in [2.05, 4.69) is 20.5 Å². The summed E-state index contributed by atoms with van der Waals surface area (Å²) < 4.78 is 20.3. The van der Waals surface area contributed by atoms with E-state index < -0.39 is 23.6 Å². The average Bonchev–Trinajstić information content (AvgIpc) is 3.13. The highest BCUT2D eigenvalue weighted by molar-refractivity contribution is 5.90. The minimum Gasteiger partial charge on any atom is -0.442 e. The second-order valence-electron chi connectivity index (χ2n) is 8.68. The Bertz CT molecular complexity index is 1140. The van der Waals surface area contributed by atoms with Crippen molar-refractivity contribution in [1.82, 2.24) is 15.6 Å². The van der Waals surface area contributed by atoms with Gasteiger partial charge in [-0.3, -0.25) is 14.7 Å². The first-order valence-corrected chi connectivity index (χ1v) is 11.1. The van der Waals surface area contributed by atoms with Gasteiger partial charge < -0.3 is 20.2 Å². The number of aromatic nitrogens is 1. The highest BCUT2D eigenvalue weighted by Gasteiger charge is 2.76. The van der Waals surface area contributed by atoms with Crippen molar-refractivity contribution >= 4 is 17.7 Å². The molecule has 33 heavy (non-hydrogen) atoms. The molecule has 3 fully saturated rings. The number of hydrogen-bond acceptors (Lipinski definition) is 5. The Labute approximate surface area is 190 Å². The molecule has 3 aliphatic rings. The smallest absolute Gasteiger partial charge is 0.414 e. The van der Waals surface area contributed by atoms with Gasteiger partial charge in [-0.1, -0.05) is 13.0 Å². The lowest BCUT2D eigenvalue weighted by Crippen LogP contribution is -2.34. The third kappa shape index (κ3) is 3.51. The molecule has 2 aliphatic heterocycles. The van der Waals surface area contributed by atoms with Gasteiger partial charge in [-0.05, 0) is 24.3 Å². The monoisotopic (exact) mass is 449 g/mol. The van der Waals surface area contributed by atoms with Crippen LogP contribution < -0.4 is 15.5 Å². The molecule has 5 rings (SSSR count). The third-order valence-corrected chi connectivity index (χ3v) is 6.89. The van der Waals surface area contributed by atoms with E-state index in [0.29, 0.717) is 35.1 Å². The zero-order chi connectivity index (χ0) is 23.2. The average molecular weight is 449 g/mol. The van der Waals surface area contributed by atoms with Crippen LogP contribution in [0.5, 0.6) is 0 Å². The van der Waals surface area contributed by atoms with E-state index in [-0.39, 0.29) is 19.0 Å². The summed E-state index contributed by atoms with van der Waals surface area (Å²) in [5.41, 5.74) is 1.56. The Morgan fingerprint density at radius 3 is 2.79 bits per heavy atom. The first kappa shape index (κ1) is 21.3. The number of carbonyl (C=O) groups is 2. The van der Waals surface area contributed by atoms with Crippen LogP contribution in [0.2, 0.25) is 0 Å². The second-order valence-corrected chi connectivity index (χ2v) is 8.68. The van der Waals surface area contributed by atoms with E-state index in [4.69, 9.17) is 11.3 Å². The highest BCUT2D eigenvalue weighted by atomic mass is 19.1. The van der Waals surface area contributed by atoms with Crippen LogP contribution in [-0.2, 0) is 15.1 Å². The van der Waals surface area contributed by atoms with Crippen LogP contribution in [0.4, 0.5) is 14.9 Å². The number of hydrogen-bond donors (Lipinski definition) is 2. The van der Waals surface area contributed by atoms with Crippen molar-refractivity contribution in [2.75, 3.05) is 31.1 Å². The van der Waals surface area contributed by atoms with Gasteiger partial charge in [0, 0.05) is 36.8 Å². The van der Waals surface area contributed by atoms with E-state index in [1.54, 1.807) is 31.3 Å². The van der Waals surface area contributed by atoms with E-state index >= 15 is 0 Å². The molecular formula is C24H24FN5O3. The van der Waals surface area contributed by atoms with Gasteiger partial charge in [0.05, 0.1) is 30.6 Å². The van der Waals surface area contributed by atoms with Gasteiger partial charge in [0.15, 0.2) is 0 Å². The molecule has 4 atom stereocenters. The third-order valence-electron chi connectivity index (χ3n) is 6.89. The number of anilines is 1. The lowest BCUT2D eigenvalue weighted by Gasteiger charge is -2.15. The van der Waals surface area contributed by atoms with Crippen LogP contribution in [-0.4, -0.2) is 49.3 Å². The standard InChI is InChI=1S/C24H24FN5O3/c1-3-22(31)29-10-16-13-30(23(32)33-16)15-5-6-17(20(25)8-15)14-4-7-21(28-9-14)24(26-2)18-11-27-12-19(18)24/h4-9,16,18-19,27H,3,10-13H2,1H3,(H,29,31)/t16-,18-,19+,24?/m0/s1. The van der Waals surface area contributed by atoms with Crippen LogP contribution in [0.25, 0.3) is 16.0 Å². The number of rotatable bonds is 6. The molecule has 2 amide bonds. The highest BCUT2D eigenvalue weighted by Crippen LogP contribution is 2.62. The van der Waals surface area contributed by atoms with E-state index in [1.165, 1.54) is 11.0 Å². The molecule has 0 spiro atoms. The topological polar surface area (TPSA) is 87.9 Å². The van der Waals surface area contributed by atoms with Crippen LogP contribution in [0, 0.1) is 24.2 Å². The quantitative estimate of drug-likeness (QED) is 0.663. The lowest BCUT2D eigenvalue weighted by molar-refractivity contribution is -0.121. The fourth-order valence-electron chi connectivity index (χ4n) is 5.00. The SMILES string of the molecule is [C-]#[N+]C1(c2ccc(-c3ccc(N4C[C@H](CNC(=O)CC)OC4=O)cc3F)cn2)[C@@H]2CNC[C@@H]21. The fourth-order valence-corrected chi connectivity index (χ4v) is 5.00. The molecule has 0 radical (unpaired) electrons. The molecule has 1 saturated carbocycles. The van der Waals surface area contributed by atoms with Gasteiger partial charge in [-0.25, -0.2) is 15.8 Å². The summed E-state index contributed by atoms with van der Waals surface area (Å²) in [7, 11) is 0. The number of fused-ring (bicyclic) bond motifs is 1. The molecule has 2 N–H and O–H groups in total. The number of halogens is 1. The number of cyclic esters (lactones) is 1. The number of carbonyl (C=O) groups excluding carboxylic acids is 2. The van der Waals surface area contributed by atoms with Crippen LogP contribution in [0.3, 0.4) is 0 Å². The second kappa shape index (κ2) is 8.12. The van der Waals surface area contributed by atoms with Gasteiger partial charge in [0.2, 0.25) is 5.91 Å². The normalized spacial score (nSPS) is 27.6. The number of ether oxygens (including phenoxy) is 1. The molecule has 8 nitrogen and oxygen atoms in total. The number of nitrogens with one attached hydrogen (secondary N) is 2. The van der Waals surface area contributed by atoms with Crippen molar-refractivity contribution in [3.63, 3.8) is 0 Å². The maximum Gasteiger partial charge on any atom is 0.414 e. The maximum absolute atomic E-state index is 15.0. The van der Waals surface area contributed by atoms with Gasteiger partial charge in [-0.15, -0.1) is 0 Å². The molecule has 9 heteroatoms. The lowest BCUT2D eigenvalue weighted by atomic mass is 10.0. The van der Waals surface area contributed by atoms with Crippen LogP contribution >= 0.6 is 0 Å². The van der Waals surface area contributed by atoms with Gasteiger partial charge in [0.1, 0.15) is 17.6 Å². The number of benzene rings is 1. The predicted octanol–water partition coefficient (Wildman–Crippen LogP) is 2.70. The Balaban J connectivity index is 1.30. The van der Waals surface area contributed by atoms with Gasteiger partial charge >= 0.3 is 6.09 Å². The van der Waals surface area contributed by atoms with E-state index in [9.17, 15) is 14.0 Å². The molecule has 1 unspecified atom stereocenters. The molecule has 170 valence electrons. The zero-order valence-electron chi connectivity index (χ0n) is 18.2. The van der Waals surface area contributed by atoms with Gasteiger partial charge in [0.25, 0.3) is 5.54 Å². The van der Waals surface area contributed by atoms with E-state index in [1.807, 2.05) is 6.07 Å². The number of pyridine rings is 1. The summed E-state index contributed by atoms with van der Waals surface area (Å²) >= 11 is 0. The Morgan fingerprint density at radius 1 is 1.36 bits per heavy atom. The Morgan fingerprint density at radius 2 is 2.15 bits per heavy atom. The molecular weight excluding hydrogens is 425 g/mol. The summed E-state index contributed by atoms with van der Waals surface area (Å²) in [6.07, 6.45) is 0.903. The molecule has 1 aromatic carbocycles. The maximum atomic E-state index is 15.0. The number of nitrogens with zero attached hydrogens (tertiary/aromatic N) is 3. The summed E-state index contributed by atoms with van der Waals surface area (Å²) in [6.45, 7) is 11.5. The predicted molar refractivity (Wildman–Crippen MR) is 119 cm³/mol. The van der Waals surface area contributed by atoms with Crippen molar-refractivity contribution in [1.29, 1.82) is 0 Å². The van der Waals surface area contributed by atoms with Crippen molar-refractivity contribution in [2.24, 2.45) is 11.8 Å². The molecule has 3 heterocycles. The largest absolute Gasteiger partial charge is 0.442 e. The summed E-state index contributed by atoms with van der Waals surface area (Å²) in [5, 5.41) is 6.00. The molecule has 0 bridgehead atoms. The summed E-state index contributed by atoms with van der Waals surface area (Å²) in [6, 6.07) is 8.20. The summed E-state index contributed by atoms with van der Waals surface area (Å²) in [4.78, 5) is 33.5. The Kier molecular flexibility index (Phi) is 5.25. The molecule has 1 aromatic heterocycles. The number of piperidine rings is 1. The first-order chi connectivity index (χ1) is 16.0. The molecule has 1 aliphatic carbocycles. The van der Waals surface area contributed by atoms with Crippen molar-refractivity contribution in [2.45, 2.75) is 25.0 Å². The van der Waals surface area contributed by atoms with Crippen molar-refractivity contribution in [3.8, 4) is 11.1 Å².